The third-order valence-electron chi connectivity index (χ3n) is 12.1. The SMILES string of the molecule is Cc1ccccc1-c1c2ccccc2c(-c2ccc3c(c2)sc2ccc(-c4c5ccccc5c(-c5c(C)cccc5C)c5ccccc45)cc23)c2ccccc12. The molecule has 11 aromatic rings. The molecule has 0 saturated heterocycles. The first-order chi connectivity index (χ1) is 27.5. The highest BCUT2D eigenvalue weighted by atomic mass is 32.1. The van der Waals surface area contributed by atoms with Gasteiger partial charge in [-0.05, 0) is 143 Å². The van der Waals surface area contributed by atoms with Crippen molar-refractivity contribution >= 4 is 74.6 Å². The smallest absolute Gasteiger partial charge is 0.0361 e. The van der Waals surface area contributed by atoms with Gasteiger partial charge in [0.15, 0.2) is 0 Å². The molecule has 0 aliphatic carbocycles. The minimum atomic E-state index is 1.26. The monoisotopic (exact) mass is 730 g/mol. The number of hydrogen-bond acceptors (Lipinski definition) is 1. The molecule has 1 heterocycles. The van der Waals surface area contributed by atoms with Crippen molar-refractivity contribution in [3.05, 3.63) is 193 Å². The fourth-order valence-corrected chi connectivity index (χ4v) is 10.7. The Kier molecular flexibility index (Phi) is 7.49. The maximum Gasteiger partial charge on any atom is 0.0361 e. The summed E-state index contributed by atoms with van der Waals surface area (Å²) in [5.74, 6) is 0. The Labute approximate surface area is 330 Å². The highest BCUT2D eigenvalue weighted by Crippen LogP contribution is 2.48. The first kappa shape index (κ1) is 32.9. The topological polar surface area (TPSA) is 0 Å². The summed E-state index contributed by atoms with van der Waals surface area (Å²) >= 11 is 1.90. The second kappa shape index (κ2) is 12.8. The molecular weight excluding hydrogens is 693 g/mol. The summed E-state index contributed by atoms with van der Waals surface area (Å²) in [6.45, 7) is 6.71. The number of rotatable bonds is 4. The Morgan fingerprint density at radius 1 is 0.268 bits per heavy atom. The zero-order valence-electron chi connectivity index (χ0n) is 31.7. The van der Waals surface area contributed by atoms with E-state index in [9.17, 15) is 0 Å². The normalized spacial score (nSPS) is 11.8. The minimum Gasteiger partial charge on any atom is -0.135 e. The van der Waals surface area contributed by atoms with E-state index < -0.39 is 0 Å². The molecule has 11 rings (SSSR count). The van der Waals surface area contributed by atoms with Crippen LogP contribution in [0.2, 0.25) is 0 Å². The van der Waals surface area contributed by atoms with Crippen LogP contribution in [0.1, 0.15) is 16.7 Å². The van der Waals surface area contributed by atoms with Crippen LogP contribution in [-0.2, 0) is 0 Å². The van der Waals surface area contributed by atoms with E-state index in [0.29, 0.717) is 0 Å². The number of benzene rings is 10. The second-order valence-electron chi connectivity index (χ2n) is 15.3. The molecule has 0 saturated carbocycles. The van der Waals surface area contributed by atoms with Crippen molar-refractivity contribution in [2.75, 3.05) is 0 Å². The van der Waals surface area contributed by atoms with Crippen molar-refractivity contribution in [1.29, 1.82) is 0 Å². The largest absolute Gasteiger partial charge is 0.135 e. The average Bonchev–Trinajstić information content (AvgIpc) is 3.60. The third kappa shape index (κ3) is 4.91. The van der Waals surface area contributed by atoms with Gasteiger partial charge in [-0.15, -0.1) is 11.3 Å². The van der Waals surface area contributed by atoms with Gasteiger partial charge in [0.1, 0.15) is 0 Å². The van der Waals surface area contributed by atoms with Crippen LogP contribution in [0.5, 0.6) is 0 Å². The fraction of sp³-hybridized carbons (Fsp3) is 0.0545. The predicted octanol–water partition coefficient (Wildman–Crippen LogP) is 16.3. The van der Waals surface area contributed by atoms with Gasteiger partial charge in [0.05, 0.1) is 0 Å². The number of hydrogen-bond donors (Lipinski definition) is 0. The lowest BCUT2D eigenvalue weighted by atomic mass is 9.83. The van der Waals surface area contributed by atoms with Crippen LogP contribution in [0.4, 0.5) is 0 Å². The van der Waals surface area contributed by atoms with Crippen molar-refractivity contribution < 1.29 is 0 Å². The summed E-state index contributed by atoms with van der Waals surface area (Å²) in [6, 6.07) is 65.7. The molecule has 0 N–H and O–H groups in total. The highest BCUT2D eigenvalue weighted by molar-refractivity contribution is 7.25. The van der Waals surface area contributed by atoms with Crippen molar-refractivity contribution in [1.82, 2.24) is 0 Å². The highest BCUT2D eigenvalue weighted by Gasteiger charge is 2.21. The fourth-order valence-electron chi connectivity index (χ4n) is 9.59. The molecule has 264 valence electrons. The molecule has 0 unspecified atom stereocenters. The van der Waals surface area contributed by atoms with Crippen molar-refractivity contribution in [3.63, 3.8) is 0 Å². The lowest BCUT2D eigenvalue weighted by Gasteiger charge is -2.20. The Morgan fingerprint density at radius 3 is 1.23 bits per heavy atom. The molecule has 1 heteroatoms. The van der Waals surface area contributed by atoms with E-state index in [-0.39, 0.29) is 0 Å². The number of thiophene rings is 1. The van der Waals surface area contributed by atoms with Crippen molar-refractivity contribution in [2.45, 2.75) is 20.8 Å². The Balaban J connectivity index is 1.13. The van der Waals surface area contributed by atoms with Gasteiger partial charge in [-0.2, -0.15) is 0 Å². The van der Waals surface area contributed by atoms with Gasteiger partial charge in [-0.1, -0.05) is 158 Å². The molecule has 0 amide bonds. The minimum absolute atomic E-state index is 1.26. The van der Waals surface area contributed by atoms with Gasteiger partial charge in [0.2, 0.25) is 0 Å². The van der Waals surface area contributed by atoms with E-state index in [1.54, 1.807) is 0 Å². The first-order valence-corrected chi connectivity index (χ1v) is 20.3. The molecule has 0 spiro atoms. The summed E-state index contributed by atoms with van der Waals surface area (Å²) in [6.07, 6.45) is 0. The Bertz CT molecular complexity index is 3260. The zero-order valence-corrected chi connectivity index (χ0v) is 32.5. The van der Waals surface area contributed by atoms with Crippen LogP contribution in [-0.4, -0.2) is 0 Å². The maximum atomic E-state index is 2.45. The van der Waals surface area contributed by atoms with Crippen LogP contribution in [0.15, 0.2) is 176 Å². The standard InChI is InChI=1S/C55H38S/c1-33-15-4-5-18-38(33)54-44-23-10-6-19-40(44)53(41-20-7-11-24-45(41)54)37-27-29-39-48-31-36(28-30-49(48)56-50(39)32-37)52-42-21-8-12-25-46(42)55(47-26-13-9-22-43(47)52)51-34(2)16-14-17-35(51)3/h4-32H,1-3H3. The maximum absolute atomic E-state index is 2.45. The Morgan fingerprint density at radius 2 is 0.696 bits per heavy atom. The molecule has 0 radical (unpaired) electrons. The van der Waals surface area contributed by atoms with Crippen LogP contribution in [0, 0.1) is 20.8 Å². The van der Waals surface area contributed by atoms with Gasteiger partial charge in [-0.25, -0.2) is 0 Å². The van der Waals surface area contributed by atoms with E-state index in [2.05, 4.69) is 197 Å². The molecule has 10 aromatic carbocycles. The van der Waals surface area contributed by atoms with Gasteiger partial charge in [0.25, 0.3) is 0 Å². The van der Waals surface area contributed by atoms with E-state index in [4.69, 9.17) is 0 Å². The van der Waals surface area contributed by atoms with Crippen LogP contribution < -0.4 is 0 Å². The van der Waals surface area contributed by atoms with Gasteiger partial charge >= 0.3 is 0 Å². The van der Waals surface area contributed by atoms with Crippen molar-refractivity contribution in [3.8, 4) is 44.5 Å². The van der Waals surface area contributed by atoms with E-state index in [0.717, 1.165) is 0 Å². The molecule has 0 atom stereocenters. The summed E-state index contributed by atoms with van der Waals surface area (Å²) in [4.78, 5) is 0. The molecule has 1 aromatic heterocycles. The molecule has 56 heavy (non-hydrogen) atoms. The quantitative estimate of drug-likeness (QED) is 0.158. The average molecular weight is 731 g/mol. The number of aryl methyl sites for hydroxylation is 3. The van der Waals surface area contributed by atoms with Gasteiger partial charge in [-0.3, -0.25) is 0 Å². The summed E-state index contributed by atoms with van der Waals surface area (Å²) in [5, 5.41) is 12.9. The zero-order chi connectivity index (χ0) is 37.5. The van der Waals surface area contributed by atoms with E-state index >= 15 is 0 Å². The summed E-state index contributed by atoms with van der Waals surface area (Å²) < 4.78 is 2.62. The second-order valence-corrected chi connectivity index (χ2v) is 16.4. The molecule has 0 nitrogen and oxygen atoms in total. The first-order valence-electron chi connectivity index (χ1n) is 19.5. The molecule has 0 bridgehead atoms. The predicted molar refractivity (Wildman–Crippen MR) is 245 cm³/mol. The summed E-state index contributed by atoms with van der Waals surface area (Å²) in [5.41, 5.74) is 14.3. The Hall–Kier alpha value is -6.54. The van der Waals surface area contributed by atoms with E-state index in [1.807, 2.05) is 11.3 Å². The lowest BCUT2D eigenvalue weighted by Crippen LogP contribution is -1.94. The molecule has 0 fully saturated rings. The molecule has 0 aliphatic rings. The molecule has 0 aliphatic heterocycles. The van der Waals surface area contributed by atoms with E-state index in [1.165, 1.54) is 124 Å². The number of fused-ring (bicyclic) bond motifs is 7. The van der Waals surface area contributed by atoms with Crippen LogP contribution in [0.25, 0.3) is 108 Å². The van der Waals surface area contributed by atoms with Crippen molar-refractivity contribution in [2.24, 2.45) is 0 Å². The van der Waals surface area contributed by atoms with Crippen LogP contribution in [0.3, 0.4) is 0 Å². The van der Waals surface area contributed by atoms with Gasteiger partial charge < -0.3 is 0 Å². The lowest BCUT2D eigenvalue weighted by molar-refractivity contribution is 1.39. The third-order valence-corrected chi connectivity index (χ3v) is 13.2. The molecular formula is C55H38S. The van der Waals surface area contributed by atoms with Gasteiger partial charge in [0, 0.05) is 20.2 Å². The summed E-state index contributed by atoms with van der Waals surface area (Å²) in [7, 11) is 0. The van der Waals surface area contributed by atoms with Crippen LogP contribution >= 0.6 is 11.3 Å².